The number of benzene rings is 1. The van der Waals surface area contributed by atoms with E-state index in [2.05, 4.69) is 51.1 Å². The zero-order valence-corrected chi connectivity index (χ0v) is 14.0. The molecule has 0 aliphatic carbocycles. The third-order valence-corrected chi connectivity index (χ3v) is 4.67. The summed E-state index contributed by atoms with van der Waals surface area (Å²) in [4.78, 5) is 13.9. The normalized spacial score (nSPS) is 17.3. The third-order valence-electron chi connectivity index (χ3n) is 4.67. The Morgan fingerprint density at radius 3 is 2.54 bits per heavy atom. The fourth-order valence-corrected chi connectivity index (χ4v) is 3.21. The molecule has 1 aliphatic rings. The number of fused-ring (bicyclic) bond motifs is 1. The van der Waals surface area contributed by atoms with Gasteiger partial charge in [-0.05, 0) is 32.0 Å². The Balaban J connectivity index is 1.45. The fourth-order valence-electron chi connectivity index (χ4n) is 3.21. The van der Waals surface area contributed by atoms with Crippen molar-refractivity contribution in [3.8, 4) is 0 Å². The minimum Gasteiger partial charge on any atom is -0.354 e. The van der Waals surface area contributed by atoms with E-state index in [9.17, 15) is 0 Å². The quantitative estimate of drug-likeness (QED) is 0.739. The van der Waals surface area contributed by atoms with E-state index in [1.807, 2.05) is 19.1 Å². The van der Waals surface area contributed by atoms with Crippen LogP contribution in [-0.4, -0.2) is 46.2 Å². The molecule has 1 fully saturated rings. The van der Waals surface area contributed by atoms with Crippen molar-refractivity contribution in [2.45, 2.75) is 19.9 Å². The standard InChI is InChI=1S/C18H21N5O/c1-13(18-19-14(2)21-24-18)22-9-11-23(12-10-22)17-8-7-15-5-3-4-6-16(15)20-17/h3-8,13H,9-12H2,1-2H3. The number of aromatic nitrogens is 3. The molecule has 124 valence electrons. The summed E-state index contributed by atoms with van der Waals surface area (Å²) in [6, 6.07) is 12.6. The minimum atomic E-state index is 0.151. The van der Waals surface area contributed by atoms with Crippen molar-refractivity contribution in [1.29, 1.82) is 0 Å². The van der Waals surface area contributed by atoms with E-state index < -0.39 is 0 Å². The van der Waals surface area contributed by atoms with Crippen LogP contribution in [0.15, 0.2) is 40.9 Å². The van der Waals surface area contributed by atoms with Crippen molar-refractivity contribution < 1.29 is 4.52 Å². The number of hydrogen-bond acceptors (Lipinski definition) is 6. The van der Waals surface area contributed by atoms with Crippen LogP contribution in [0.3, 0.4) is 0 Å². The van der Waals surface area contributed by atoms with E-state index in [0.717, 1.165) is 37.5 Å². The predicted octanol–water partition coefficient (Wildman–Crippen LogP) is 2.81. The highest BCUT2D eigenvalue weighted by Crippen LogP contribution is 2.23. The molecular formula is C18H21N5O. The van der Waals surface area contributed by atoms with Gasteiger partial charge in [0.25, 0.3) is 0 Å². The van der Waals surface area contributed by atoms with Crippen LogP contribution < -0.4 is 4.90 Å². The summed E-state index contributed by atoms with van der Waals surface area (Å²) >= 11 is 0. The van der Waals surface area contributed by atoms with Crippen LogP contribution in [0.4, 0.5) is 5.82 Å². The first-order chi connectivity index (χ1) is 11.7. The molecule has 1 atom stereocenters. The van der Waals surface area contributed by atoms with Crippen LogP contribution in [0.25, 0.3) is 10.9 Å². The van der Waals surface area contributed by atoms with Gasteiger partial charge in [-0.25, -0.2) is 4.98 Å². The Kier molecular flexibility index (Phi) is 3.90. The van der Waals surface area contributed by atoms with Crippen LogP contribution in [0, 0.1) is 6.92 Å². The summed E-state index contributed by atoms with van der Waals surface area (Å²) in [5.74, 6) is 2.44. The van der Waals surface area contributed by atoms with E-state index in [4.69, 9.17) is 9.51 Å². The first-order valence-corrected chi connectivity index (χ1v) is 8.36. The summed E-state index contributed by atoms with van der Waals surface area (Å²) in [7, 11) is 0. The summed E-state index contributed by atoms with van der Waals surface area (Å²) in [6.45, 7) is 7.78. The van der Waals surface area contributed by atoms with E-state index in [0.29, 0.717) is 11.7 Å². The van der Waals surface area contributed by atoms with Crippen molar-refractivity contribution in [3.63, 3.8) is 0 Å². The second-order valence-corrected chi connectivity index (χ2v) is 6.24. The van der Waals surface area contributed by atoms with Gasteiger partial charge < -0.3 is 9.42 Å². The van der Waals surface area contributed by atoms with Crippen LogP contribution in [-0.2, 0) is 0 Å². The highest BCUT2D eigenvalue weighted by molar-refractivity contribution is 5.80. The summed E-state index contributed by atoms with van der Waals surface area (Å²) < 4.78 is 5.31. The molecule has 0 spiro atoms. The lowest BCUT2D eigenvalue weighted by Crippen LogP contribution is -2.47. The number of pyridine rings is 1. The monoisotopic (exact) mass is 323 g/mol. The van der Waals surface area contributed by atoms with Crippen molar-refractivity contribution in [2.75, 3.05) is 31.1 Å². The molecule has 6 heteroatoms. The molecule has 1 aromatic carbocycles. The van der Waals surface area contributed by atoms with Crippen LogP contribution in [0.1, 0.15) is 24.7 Å². The van der Waals surface area contributed by atoms with Gasteiger partial charge in [0.1, 0.15) is 5.82 Å². The molecule has 4 rings (SSSR count). The van der Waals surface area contributed by atoms with Gasteiger partial charge in [-0.2, -0.15) is 4.98 Å². The molecule has 3 aromatic rings. The Morgan fingerprint density at radius 1 is 1.00 bits per heavy atom. The number of piperazine rings is 1. The first-order valence-electron chi connectivity index (χ1n) is 8.36. The number of nitrogens with zero attached hydrogens (tertiary/aromatic N) is 5. The maximum Gasteiger partial charge on any atom is 0.243 e. The average molecular weight is 323 g/mol. The van der Waals surface area contributed by atoms with Gasteiger partial charge in [-0.1, -0.05) is 23.4 Å². The third kappa shape index (κ3) is 2.85. The smallest absolute Gasteiger partial charge is 0.243 e. The summed E-state index contributed by atoms with van der Waals surface area (Å²) in [6.07, 6.45) is 0. The summed E-state index contributed by atoms with van der Waals surface area (Å²) in [5.41, 5.74) is 1.05. The zero-order valence-electron chi connectivity index (χ0n) is 14.0. The second kappa shape index (κ2) is 6.20. The molecule has 3 heterocycles. The molecule has 0 radical (unpaired) electrons. The highest BCUT2D eigenvalue weighted by atomic mass is 16.5. The van der Waals surface area contributed by atoms with Crippen LogP contribution in [0.2, 0.25) is 0 Å². The van der Waals surface area contributed by atoms with Gasteiger partial charge in [0, 0.05) is 31.6 Å². The molecule has 0 saturated carbocycles. The van der Waals surface area contributed by atoms with Crippen LogP contribution in [0.5, 0.6) is 0 Å². The van der Waals surface area contributed by atoms with E-state index in [1.54, 1.807) is 0 Å². The lowest BCUT2D eigenvalue weighted by molar-refractivity contribution is 0.164. The molecule has 1 aliphatic heterocycles. The predicted molar refractivity (Wildman–Crippen MR) is 93.0 cm³/mol. The SMILES string of the molecule is Cc1noc(C(C)N2CCN(c3ccc4ccccc4n3)CC2)n1. The largest absolute Gasteiger partial charge is 0.354 e. The molecule has 24 heavy (non-hydrogen) atoms. The molecule has 1 saturated heterocycles. The Labute approximate surface area is 141 Å². The van der Waals surface area contributed by atoms with E-state index >= 15 is 0 Å². The molecule has 0 bridgehead atoms. The first kappa shape index (κ1) is 15.1. The number of rotatable bonds is 3. The minimum absolute atomic E-state index is 0.151. The van der Waals surface area contributed by atoms with Crippen LogP contribution >= 0.6 is 0 Å². The molecular weight excluding hydrogens is 302 g/mol. The Hall–Kier alpha value is -2.47. The van der Waals surface area contributed by atoms with Gasteiger partial charge in [-0.15, -0.1) is 0 Å². The lowest BCUT2D eigenvalue weighted by Gasteiger charge is -2.37. The van der Waals surface area contributed by atoms with Crippen molar-refractivity contribution in [3.05, 3.63) is 48.1 Å². The van der Waals surface area contributed by atoms with Gasteiger partial charge in [0.05, 0.1) is 11.6 Å². The summed E-state index contributed by atoms with van der Waals surface area (Å²) in [5, 5.41) is 5.07. The molecule has 2 aromatic heterocycles. The van der Waals surface area contributed by atoms with Crippen molar-refractivity contribution in [2.24, 2.45) is 0 Å². The topological polar surface area (TPSA) is 58.3 Å². The zero-order chi connectivity index (χ0) is 16.5. The average Bonchev–Trinajstić information content (AvgIpc) is 3.07. The highest BCUT2D eigenvalue weighted by Gasteiger charge is 2.25. The molecule has 0 amide bonds. The molecule has 0 N–H and O–H groups in total. The maximum absolute atomic E-state index is 5.31. The maximum atomic E-state index is 5.31. The molecule has 6 nitrogen and oxygen atoms in total. The number of aryl methyl sites for hydroxylation is 1. The Morgan fingerprint density at radius 2 is 1.79 bits per heavy atom. The van der Waals surface area contributed by atoms with Crippen molar-refractivity contribution in [1.82, 2.24) is 20.0 Å². The number of anilines is 1. The van der Waals surface area contributed by atoms with E-state index in [-0.39, 0.29) is 6.04 Å². The molecule has 1 unspecified atom stereocenters. The van der Waals surface area contributed by atoms with Gasteiger partial charge >= 0.3 is 0 Å². The number of hydrogen-bond donors (Lipinski definition) is 0. The van der Waals surface area contributed by atoms with Gasteiger partial charge in [-0.3, -0.25) is 4.90 Å². The second-order valence-electron chi connectivity index (χ2n) is 6.24. The Bertz CT molecular complexity index is 838. The van der Waals surface area contributed by atoms with E-state index in [1.165, 1.54) is 5.39 Å². The fraction of sp³-hybridized carbons (Fsp3) is 0.389. The van der Waals surface area contributed by atoms with Gasteiger partial charge in [0.2, 0.25) is 5.89 Å². The lowest BCUT2D eigenvalue weighted by atomic mass is 10.2. The van der Waals surface area contributed by atoms with Gasteiger partial charge in [0.15, 0.2) is 5.82 Å². The van der Waals surface area contributed by atoms with Crippen molar-refractivity contribution >= 4 is 16.7 Å². The number of para-hydroxylation sites is 1.